The lowest BCUT2D eigenvalue weighted by Crippen LogP contribution is -2.37. The van der Waals surface area contributed by atoms with E-state index in [4.69, 9.17) is 9.72 Å². The second-order valence-electron chi connectivity index (χ2n) is 9.30. The smallest absolute Gasteiger partial charge is 0.251 e. The first kappa shape index (κ1) is 24.3. The quantitative estimate of drug-likeness (QED) is 0.541. The number of hydrogen-bond donors (Lipinski definition) is 2. The number of benzene rings is 2. The normalized spacial score (nSPS) is 19.1. The number of morpholine rings is 1. The van der Waals surface area contributed by atoms with Crippen LogP contribution < -0.4 is 15.1 Å². The Bertz CT molecular complexity index is 1250. The predicted molar refractivity (Wildman–Crippen MR) is 132 cm³/mol. The molecule has 3 heterocycles. The summed E-state index contributed by atoms with van der Waals surface area (Å²) in [6.07, 6.45) is 3.25. The number of nitrogens with zero attached hydrogens (tertiary/aromatic N) is 4. The van der Waals surface area contributed by atoms with E-state index in [1.54, 1.807) is 25.3 Å². The third-order valence-electron chi connectivity index (χ3n) is 6.70. The molecule has 190 valence electrons. The molecule has 1 amide bonds. The van der Waals surface area contributed by atoms with Crippen molar-refractivity contribution in [2.45, 2.75) is 31.8 Å². The summed E-state index contributed by atoms with van der Waals surface area (Å²) in [7, 11) is 0. The number of halogens is 2. The SMILES string of the molecule is CC(CO)NC(=O)c1cc(C2CCCN2c2cc(F)cc(F)c2)c2nc(N3CCOCC3)cnc2c1. The van der Waals surface area contributed by atoms with Gasteiger partial charge in [-0.2, -0.15) is 0 Å². The highest BCUT2D eigenvalue weighted by Crippen LogP contribution is 2.39. The number of rotatable bonds is 6. The van der Waals surface area contributed by atoms with Crippen LogP contribution in [-0.2, 0) is 4.74 Å². The number of ether oxygens (including phenoxy) is 1. The highest BCUT2D eigenvalue weighted by Gasteiger charge is 2.30. The fourth-order valence-electron chi connectivity index (χ4n) is 4.92. The highest BCUT2D eigenvalue weighted by molar-refractivity contribution is 5.98. The monoisotopic (exact) mass is 497 g/mol. The van der Waals surface area contributed by atoms with E-state index in [2.05, 4.69) is 15.2 Å². The van der Waals surface area contributed by atoms with E-state index >= 15 is 0 Å². The average molecular weight is 498 g/mol. The fourth-order valence-corrected chi connectivity index (χ4v) is 4.92. The summed E-state index contributed by atoms with van der Waals surface area (Å²) in [6, 6.07) is 6.34. The van der Waals surface area contributed by atoms with Gasteiger partial charge in [0.15, 0.2) is 0 Å². The number of hydrogen-bond acceptors (Lipinski definition) is 7. The maximum atomic E-state index is 14.1. The number of nitrogens with one attached hydrogen (secondary N) is 1. The van der Waals surface area contributed by atoms with Gasteiger partial charge in [0.2, 0.25) is 0 Å². The Hall–Kier alpha value is -3.37. The topological polar surface area (TPSA) is 90.8 Å². The van der Waals surface area contributed by atoms with Crippen molar-refractivity contribution in [2.24, 2.45) is 0 Å². The standard InChI is InChI=1S/C26H29F2N5O3/c1-16(15-34)30-26(35)17-9-21(23-3-2-4-33(23)20-12-18(27)11-19(28)13-20)25-22(10-17)29-14-24(31-25)32-5-7-36-8-6-32/h9-14,16,23,34H,2-8,15H2,1H3,(H,30,35). The van der Waals surface area contributed by atoms with Gasteiger partial charge in [0.05, 0.1) is 43.1 Å². The highest BCUT2D eigenvalue weighted by atomic mass is 19.1. The van der Waals surface area contributed by atoms with Gasteiger partial charge in [-0.3, -0.25) is 9.78 Å². The number of amides is 1. The number of fused-ring (bicyclic) bond motifs is 1. The summed E-state index contributed by atoms with van der Waals surface area (Å²) >= 11 is 0. The molecule has 5 rings (SSSR count). The lowest BCUT2D eigenvalue weighted by molar-refractivity contribution is 0.0922. The average Bonchev–Trinajstić information content (AvgIpc) is 3.37. The number of aromatic nitrogens is 2. The molecule has 2 aromatic carbocycles. The molecule has 2 atom stereocenters. The predicted octanol–water partition coefficient (Wildman–Crippen LogP) is 3.20. The first-order valence-corrected chi connectivity index (χ1v) is 12.2. The van der Waals surface area contributed by atoms with E-state index < -0.39 is 17.7 Å². The Morgan fingerprint density at radius 3 is 2.64 bits per heavy atom. The van der Waals surface area contributed by atoms with Crippen LogP contribution in [-0.4, -0.2) is 66.5 Å². The van der Waals surface area contributed by atoms with Crippen LogP contribution in [0, 0.1) is 11.6 Å². The van der Waals surface area contributed by atoms with Crippen LogP contribution in [0.25, 0.3) is 11.0 Å². The Morgan fingerprint density at radius 2 is 1.92 bits per heavy atom. The van der Waals surface area contributed by atoms with Gasteiger partial charge in [0.25, 0.3) is 5.91 Å². The van der Waals surface area contributed by atoms with Crippen LogP contribution in [0.4, 0.5) is 20.3 Å². The zero-order valence-corrected chi connectivity index (χ0v) is 20.1. The minimum atomic E-state index is -0.638. The molecule has 2 aliphatic heterocycles. The van der Waals surface area contributed by atoms with Crippen molar-refractivity contribution in [1.82, 2.24) is 15.3 Å². The van der Waals surface area contributed by atoms with Gasteiger partial charge in [0.1, 0.15) is 17.5 Å². The van der Waals surface area contributed by atoms with Gasteiger partial charge < -0.3 is 25.0 Å². The number of anilines is 2. The first-order valence-electron chi connectivity index (χ1n) is 12.2. The van der Waals surface area contributed by atoms with Crippen molar-refractivity contribution in [3.63, 3.8) is 0 Å². The Balaban J connectivity index is 1.61. The van der Waals surface area contributed by atoms with Gasteiger partial charge in [-0.05, 0) is 44.0 Å². The molecule has 0 bridgehead atoms. The van der Waals surface area contributed by atoms with Crippen molar-refractivity contribution >= 4 is 28.4 Å². The van der Waals surface area contributed by atoms with Crippen LogP contribution in [0.3, 0.4) is 0 Å². The summed E-state index contributed by atoms with van der Waals surface area (Å²) in [4.78, 5) is 26.6. The van der Waals surface area contributed by atoms with E-state index in [-0.39, 0.29) is 18.6 Å². The lowest BCUT2D eigenvalue weighted by Gasteiger charge is -2.30. The van der Waals surface area contributed by atoms with Gasteiger partial charge in [-0.15, -0.1) is 0 Å². The third kappa shape index (κ3) is 4.96. The molecule has 2 N–H and O–H groups in total. The van der Waals surface area contributed by atoms with Crippen LogP contribution >= 0.6 is 0 Å². The maximum Gasteiger partial charge on any atom is 0.251 e. The van der Waals surface area contributed by atoms with Crippen LogP contribution in [0.2, 0.25) is 0 Å². The lowest BCUT2D eigenvalue weighted by atomic mass is 9.98. The fraction of sp³-hybridized carbons (Fsp3) is 0.423. The van der Waals surface area contributed by atoms with Crippen molar-refractivity contribution in [3.05, 3.63) is 59.3 Å². The molecule has 2 aliphatic rings. The van der Waals surface area contributed by atoms with Gasteiger partial charge >= 0.3 is 0 Å². The number of aliphatic hydroxyl groups is 1. The summed E-state index contributed by atoms with van der Waals surface area (Å²) in [6.45, 7) is 4.76. The van der Waals surface area contributed by atoms with Gasteiger partial charge in [0, 0.05) is 48.6 Å². The molecule has 1 aromatic heterocycles. The largest absolute Gasteiger partial charge is 0.394 e. The molecule has 3 aromatic rings. The maximum absolute atomic E-state index is 14.1. The molecule has 2 unspecified atom stereocenters. The molecule has 10 heteroatoms. The van der Waals surface area contributed by atoms with E-state index in [9.17, 15) is 18.7 Å². The Morgan fingerprint density at radius 1 is 1.17 bits per heavy atom. The summed E-state index contributed by atoms with van der Waals surface area (Å²) in [5, 5.41) is 12.1. The van der Waals surface area contributed by atoms with Crippen LogP contribution in [0.1, 0.15) is 41.7 Å². The molecule has 0 radical (unpaired) electrons. The first-order chi connectivity index (χ1) is 17.4. The van der Waals surface area contributed by atoms with Crippen LogP contribution in [0.15, 0.2) is 36.5 Å². The second kappa shape index (κ2) is 10.3. The van der Waals surface area contributed by atoms with Gasteiger partial charge in [-0.25, -0.2) is 13.8 Å². The molecule has 2 fully saturated rings. The number of aliphatic hydroxyl groups excluding tert-OH is 1. The molecule has 2 saturated heterocycles. The molecule has 0 saturated carbocycles. The van der Waals surface area contributed by atoms with E-state index in [0.29, 0.717) is 55.1 Å². The van der Waals surface area contributed by atoms with E-state index in [1.807, 2.05) is 4.90 Å². The zero-order chi connectivity index (χ0) is 25.2. The van der Waals surface area contributed by atoms with Crippen LogP contribution in [0.5, 0.6) is 0 Å². The Kier molecular flexibility index (Phi) is 6.97. The van der Waals surface area contributed by atoms with Crippen molar-refractivity contribution in [3.8, 4) is 0 Å². The molecule has 8 nitrogen and oxygen atoms in total. The van der Waals surface area contributed by atoms with E-state index in [0.717, 1.165) is 30.3 Å². The molecule has 0 aliphatic carbocycles. The summed E-state index contributed by atoms with van der Waals surface area (Å²) in [5.74, 6) is -0.887. The number of carbonyl (C=O) groups is 1. The zero-order valence-electron chi connectivity index (χ0n) is 20.1. The van der Waals surface area contributed by atoms with Crippen molar-refractivity contribution in [2.75, 3.05) is 49.3 Å². The minimum Gasteiger partial charge on any atom is -0.394 e. The van der Waals surface area contributed by atoms with Gasteiger partial charge in [-0.1, -0.05) is 0 Å². The minimum absolute atomic E-state index is 0.184. The molecule has 36 heavy (non-hydrogen) atoms. The molecular formula is C26H29F2N5O3. The molecule has 0 spiro atoms. The second-order valence-corrected chi connectivity index (χ2v) is 9.30. The molecular weight excluding hydrogens is 468 g/mol. The third-order valence-corrected chi connectivity index (χ3v) is 6.70. The van der Waals surface area contributed by atoms with E-state index in [1.165, 1.54) is 12.1 Å². The Labute approximate surface area is 207 Å². The van der Waals surface area contributed by atoms with Crippen molar-refractivity contribution in [1.29, 1.82) is 0 Å². The number of carbonyl (C=O) groups excluding carboxylic acids is 1. The van der Waals surface area contributed by atoms with Crippen molar-refractivity contribution < 1.29 is 23.4 Å². The summed E-state index contributed by atoms with van der Waals surface area (Å²) in [5.41, 5.74) is 2.83. The summed E-state index contributed by atoms with van der Waals surface area (Å²) < 4.78 is 33.6.